The maximum atomic E-state index is 4.38. The Hall–Kier alpha value is -1.79. The lowest BCUT2D eigenvalue weighted by atomic mass is 10.1. The number of anilines is 1. The third-order valence-corrected chi connectivity index (χ3v) is 5.52. The molecular formula is C20H34N6. The van der Waals surface area contributed by atoms with E-state index in [4.69, 9.17) is 0 Å². The van der Waals surface area contributed by atoms with E-state index in [1.165, 1.54) is 38.4 Å². The number of hydrogen-bond donors (Lipinski definition) is 2. The Bertz CT molecular complexity index is 553. The molecule has 0 aromatic heterocycles. The SMILES string of the molecule is CCN(CCCNC(=NC)NCC1CN2CCN1CC2)c1ccccc1. The van der Waals surface area contributed by atoms with Gasteiger partial charge in [0.15, 0.2) is 5.96 Å². The van der Waals surface area contributed by atoms with E-state index in [1.54, 1.807) is 0 Å². The second-order valence-electron chi connectivity index (χ2n) is 7.14. The molecule has 3 fully saturated rings. The van der Waals surface area contributed by atoms with Crippen LogP contribution in [-0.4, -0.2) is 87.8 Å². The minimum Gasteiger partial charge on any atom is -0.372 e. The Kier molecular flexibility index (Phi) is 7.14. The van der Waals surface area contributed by atoms with Crippen LogP contribution in [0.15, 0.2) is 35.3 Å². The van der Waals surface area contributed by atoms with Crippen molar-refractivity contribution in [1.29, 1.82) is 0 Å². The first-order chi connectivity index (χ1) is 12.8. The highest BCUT2D eigenvalue weighted by Crippen LogP contribution is 2.15. The summed E-state index contributed by atoms with van der Waals surface area (Å²) in [5, 5.41) is 6.98. The highest BCUT2D eigenvalue weighted by Gasteiger charge is 2.31. The number of hydrogen-bond acceptors (Lipinski definition) is 4. The first-order valence-electron chi connectivity index (χ1n) is 10.0. The summed E-state index contributed by atoms with van der Waals surface area (Å²) in [5.74, 6) is 0.922. The molecule has 2 N–H and O–H groups in total. The Morgan fingerprint density at radius 3 is 2.54 bits per heavy atom. The van der Waals surface area contributed by atoms with E-state index in [9.17, 15) is 0 Å². The number of guanidine groups is 1. The number of rotatable bonds is 8. The van der Waals surface area contributed by atoms with Crippen molar-refractivity contribution in [2.24, 2.45) is 4.99 Å². The van der Waals surface area contributed by atoms with E-state index in [1.807, 2.05) is 7.05 Å². The predicted octanol–water partition coefficient (Wildman–Crippen LogP) is 1.07. The zero-order chi connectivity index (χ0) is 18.2. The van der Waals surface area contributed by atoms with Gasteiger partial charge in [0.2, 0.25) is 0 Å². The highest BCUT2D eigenvalue weighted by molar-refractivity contribution is 5.79. The second kappa shape index (κ2) is 9.78. The number of para-hydroxylation sites is 1. The van der Waals surface area contributed by atoms with Crippen molar-refractivity contribution >= 4 is 11.6 Å². The zero-order valence-electron chi connectivity index (χ0n) is 16.3. The normalized spacial score (nSPS) is 25.2. The van der Waals surface area contributed by atoms with Gasteiger partial charge in [0.1, 0.15) is 0 Å². The first-order valence-corrected chi connectivity index (χ1v) is 10.0. The van der Waals surface area contributed by atoms with Gasteiger partial charge in [0, 0.05) is 77.7 Å². The quantitative estimate of drug-likeness (QED) is 0.413. The Morgan fingerprint density at radius 1 is 1.15 bits per heavy atom. The van der Waals surface area contributed by atoms with Crippen LogP contribution < -0.4 is 15.5 Å². The monoisotopic (exact) mass is 358 g/mol. The Morgan fingerprint density at radius 2 is 1.92 bits per heavy atom. The van der Waals surface area contributed by atoms with Crippen molar-refractivity contribution in [1.82, 2.24) is 20.4 Å². The van der Waals surface area contributed by atoms with Gasteiger partial charge in [-0.1, -0.05) is 18.2 Å². The molecule has 1 aromatic rings. The molecule has 0 spiro atoms. The second-order valence-corrected chi connectivity index (χ2v) is 7.14. The zero-order valence-corrected chi connectivity index (χ0v) is 16.3. The number of benzene rings is 1. The Labute approximate surface area is 158 Å². The van der Waals surface area contributed by atoms with E-state index in [0.29, 0.717) is 6.04 Å². The summed E-state index contributed by atoms with van der Waals surface area (Å²) < 4.78 is 0. The lowest BCUT2D eigenvalue weighted by molar-refractivity contribution is 0.0154. The van der Waals surface area contributed by atoms with Crippen LogP contribution in [0.25, 0.3) is 0 Å². The van der Waals surface area contributed by atoms with E-state index >= 15 is 0 Å². The molecule has 6 heteroatoms. The molecule has 3 saturated heterocycles. The number of fused-ring (bicyclic) bond motifs is 3. The molecule has 1 unspecified atom stereocenters. The Balaban J connectivity index is 1.35. The number of nitrogens with one attached hydrogen (secondary N) is 2. The van der Waals surface area contributed by atoms with E-state index < -0.39 is 0 Å². The highest BCUT2D eigenvalue weighted by atomic mass is 15.4. The lowest BCUT2D eigenvalue weighted by Crippen LogP contribution is -2.63. The standard InChI is InChI=1S/C20H34N6/c1-3-25(18-8-5-4-6-9-18)11-7-10-22-20(21-2)23-16-19-17-24-12-14-26(19)15-13-24/h4-6,8-9,19H,3,7,10-17H2,1-2H3,(H2,21,22,23). The topological polar surface area (TPSA) is 46.1 Å². The molecule has 1 aromatic carbocycles. The van der Waals surface area contributed by atoms with E-state index in [2.05, 4.69) is 67.6 Å². The van der Waals surface area contributed by atoms with Crippen molar-refractivity contribution in [2.75, 3.05) is 70.9 Å². The van der Waals surface area contributed by atoms with Gasteiger partial charge in [-0.15, -0.1) is 0 Å². The third kappa shape index (κ3) is 5.11. The number of nitrogens with zero attached hydrogens (tertiary/aromatic N) is 4. The molecule has 26 heavy (non-hydrogen) atoms. The van der Waals surface area contributed by atoms with Gasteiger partial charge in [0.05, 0.1) is 0 Å². The minimum atomic E-state index is 0.615. The fourth-order valence-electron chi connectivity index (χ4n) is 3.94. The van der Waals surface area contributed by atoms with Crippen molar-refractivity contribution in [3.05, 3.63) is 30.3 Å². The summed E-state index contributed by atoms with van der Waals surface area (Å²) >= 11 is 0. The fraction of sp³-hybridized carbons (Fsp3) is 0.650. The van der Waals surface area contributed by atoms with Gasteiger partial charge in [0.25, 0.3) is 0 Å². The summed E-state index contributed by atoms with van der Waals surface area (Å²) in [4.78, 5) is 12.0. The molecule has 6 nitrogen and oxygen atoms in total. The van der Waals surface area contributed by atoms with Crippen molar-refractivity contribution in [3.63, 3.8) is 0 Å². The predicted molar refractivity (Wildman–Crippen MR) is 110 cm³/mol. The van der Waals surface area contributed by atoms with E-state index in [-0.39, 0.29) is 0 Å². The van der Waals surface area contributed by atoms with Crippen molar-refractivity contribution in [2.45, 2.75) is 19.4 Å². The molecule has 0 aliphatic carbocycles. The van der Waals surface area contributed by atoms with Crippen LogP contribution in [-0.2, 0) is 0 Å². The molecule has 1 atom stereocenters. The van der Waals surface area contributed by atoms with Crippen LogP contribution in [0.3, 0.4) is 0 Å². The summed E-state index contributed by atoms with van der Waals surface area (Å²) in [7, 11) is 1.86. The molecule has 0 saturated carbocycles. The molecule has 144 valence electrons. The van der Waals surface area contributed by atoms with Gasteiger partial charge >= 0.3 is 0 Å². The molecule has 2 bridgehead atoms. The molecule has 0 amide bonds. The molecule has 3 aliphatic rings. The van der Waals surface area contributed by atoms with Gasteiger partial charge in [-0.25, -0.2) is 0 Å². The molecule has 3 aliphatic heterocycles. The lowest BCUT2D eigenvalue weighted by Gasteiger charge is -2.47. The molecular weight excluding hydrogens is 324 g/mol. The fourth-order valence-corrected chi connectivity index (χ4v) is 3.94. The summed E-state index contributed by atoms with van der Waals surface area (Å²) in [6.07, 6.45) is 1.09. The summed E-state index contributed by atoms with van der Waals surface area (Å²) in [5.41, 5.74) is 1.30. The molecule has 3 heterocycles. The van der Waals surface area contributed by atoms with Gasteiger partial charge < -0.3 is 15.5 Å². The molecule has 0 radical (unpaired) electrons. The van der Waals surface area contributed by atoms with Crippen molar-refractivity contribution < 1.29 is 0 Å². The largest absolute Gasteiger partial charge is 0.372 e. The van der Waals surface area contributed by atoms with E-state index in [0.717, 1.165) is 38.6 Å². The smallest absolute Gasteiger partial charge is 0.191 e. The van der Waals surface area contributed by atoms with Crippen LogP contribution in [0.2, 0.25) is 0 Å². The van der Waals surface area contributed by atoms with Gasteiger partial charge in [-0.2, -0.15) is 0 Å². The van der Waals surface area contributed by atoms with Crippen LogP contribution in [0.1, 0.15) is 13.3 Å². The maximum absolute atomic E-state index is 4.38. The average molecular weight is 359 g/mol. The summed E-state index contributed by atoms with van der Waals surface area (Å²) in [6.45, 7) is 12.3. The number of aliphatic imine (C=N–C) groups is 1. The van der Waals surface area contributed by atoms with Crippen LogP contribution in [0, 0.1) is 0 Å². The first kappa shape index (κ1) is 19.0. The average Bonchev–Trinajstić information content (AvgIpc) is 2.72. The maximum Gasteiger partial charge on any atom is 0.191 e. The summed E-state index contributed by atoms with van der Waals surface area (Å²) in [6, 6.07) is 11.3. The van der Waals surface area contributed by atoms with Crippen LogP contribution >= 0.6 is 0 Å². The minimum absolute atomic E-state index is 0.615. The van der Waals surface area contributed by atoms with Crippen molar-refractivity contribution in [3.8, 4) is 0 Å². The third-order valence-electron chi connectivity index (χ3n) is 5.52. The molecule has 4 rings (SSSR count). The number of piperazine rings is 3. The van der Waals surface area contributed by atoms with Gasteiger partial charge in [-0.05, 0) is 25.5 Å². The van der Waals surface area contributed by atoms with Gasteiger partial charge in [-0.3, -0.25) is 14.8 Å². The van der Waals surface area contributed by atoms with Crippen LogP contribution in [0.4, 0.5) is 5.69 Å². The van der Waals surface area contributed by atoms with Crippen LogP contribution in [0.5, 0.6) is 0 Å².